The lowest BCUT2D eigenvalue weighted by Gasteiger charge is -2.26. The van der Waals surface area contributed by atoms with Gasteiger partial charge in [0, 0.05) is 0 Å². The van der Waals surface area contributed by atoms with Crippen molar-refractivity contribution < 1.29 is 13.5 Å². The number of sulfone groups is 1. The predicted octanol–water partition coefficient (Wildman–Crippen LogP) is 2.17. The van der Waals surface area contributed by atoms with Crippen molar-refractivity contribution >= 4 is 9.84 Å². The number of nitriles is 1. The molecule has 1 saturated heterocycles. The molecule has 0 amide bonds. The molecule has 5 heteroatoms. The van der Waals surface area contributed by atoms with Gasteiger partial charge >= 0.3 is 0 Å². The molecule has 0 aliphatic carbocycles. The largest absolute Gasteiger partial charge is 0.387 e. The lowest BCUT2D eigenvalue weighted by Crippen LogP contribution is -2.28. The van der Waals surface area contributed by atoms with E-state index in [0.29, 0.717) is 11.5 Å². The van der Waals surface area contributed by atoms with Crippen LogP contribution in [0.3, 0.4) is 0 Å². The first-order valence-corrected chi connectivity index (χ1v) is 8.51. The van der Waals surface area contributed by atoms with Gasteiger partial charge in [-0.15, -0.1) is 0 Å². The maximum atomic E-state index is 11.6. The SMILES string of the molecule is CC(C)c1ccc(C(O)C2(C#N)CCS(=O)(=O)C2)cc1. The fraction of sp³-hybridized carbons (Fsp3) is 0.533. The van der Waals surface area contributed by atoms with Crippen molar-refractivity contribution in [2.75, 3.05) is 11.5 Å². The van der Waals surface area contributed by atoms with Gasteiger partial charge in [-0.25, -0.2) is 8.42 Å². The highest BCUT2D eigenvalue weighted by Gasteiger charge is 2.48. The fourth-order valence-corrected chi connectivity index (χ4v) is 4.59. The van der Waals surface area contributed by atoms with E-state index in [-0.39, 0.29) is 17.9 Å². The molecule has 1 N–H and O–H groups in total. The normalized spacial score (nSPS) is 26.4. The number of aliphatic hydroxyl groups is 1. The van der Waals surface area contributed by atoms with E-state index in [1.807, 2.05) is 18.2 Å². The van der Waals surface area contributed by atoms with Crippen molar-refractivity contribution in [3.8, 4) is 6.07 Å². The van der Waals surface area contributed by atoms with Gasteiger partial charge in [0.1, 0.15) is 5.41 Å². The van der Waals surface area contributed by atoms with E-state index in [0.717, 1.165) is 5.56 Å². The van der Waals surface area contributed by atoms with Gasteiger partial charge in [0.2, 0.25) is 0 Å². The van der Waals surface area contributed by atoms with E-state index in [4.69, 9.17) is 0 Å². The van der Waals surface area contributed by atoms with E-state index in [2.05, 4.69) is 13.8 Å². The van der Waals surface area contributed by atoms with Crippen molar-refractivity contribution in [3.05, 3.63) is 35.4 Å². The van der Waals surface area contributed by atoms with Gasteiger partial charge in [0.25, 0.3) is 0 Å². The molecule has 108 valence electrons. The maximum absolute atomic E-state index is 11.6. The monoisotopic (exact) mass is 293 g/mol. The Kier molecular flexibility index (Phi) is 3.90. The quantitative estimate of drug-likeness (QED) is 0.926. The Hall–Kier alpha value is -1.38. The zero-order valence-corrected chi connectivity index (χ0v) is 12.5. The van der Waals surface area contributed by atoms with Crippen molar-refractivity contribution in [3.63, 3.8) is 0 Å². The first kappa shape index (κ1) is 15.0. The van der Waals surface area contributed by atoms with Crippen LogP contribution >= 0.6 is 0 Å². The molecule has 1 aromatic carbocycles. The second-order valence-electron chi connectivity index (χ2n) is 5.83. The summed E-state index contributed by atoms with van der Waals surface area (Å²) in [5.74, 6) is 0.101. The molecule has 1 fully saturated rings. The van der Waals surface area contributed by atoms with Crippen LogP contribution in [0.15, 0.2) is 24.3 Å². The van der Waals surface area contributed by atoms with E-state index in [9.17, 15) is 18.8 Å². The van der Waals surface area contributed by atoms with Crippen LogP contribution in [0.5, 0.6) is 0 Å². The summed E-state index contributed by atoms with van der Waals surface area (Å²) in [6.45, 7) is 4.15. The molecule has 1 aromatic rings. The summed E-state index contributed by atoms with van der Waals surface area (Å²) in [5.41, 5.74) is 0.539. The van der Waals surface area contributed by atoms with Crippen LogP contribution in [0, 0.1) is 16.7 Å². The number of aliphatic hydroxyl groups excluding tert-OH is 1. The third-order valence-corrected chi connectivity index (χ3v) is 5.78. The number of hydrogen-bond acceptors (Lipinski definition) is 4. The molecule has 2 unspecified atom stereocenters. The minimum Gasteiger partial charge on any atom is -0.387 e. The van der Waals surface area contributed by atoms with Crippen molar-refractivity contribution in [1.82, 2.24) is 0 Å². The Balaban J connectivity index is 2.31. The topological polar surface area (TPSA) is 78.2 Å². The van der Waals surface area contributed by atoms with Crippen molar-refractivity contribution in [2.24, 2.45) is 5.41 Å². The van der Waals surface area contributed by atoms with E-state index in [1.165, 1.54) is 0 Å². The summed E-state index contributed by atoms with van der Waals surface area (Å²) in [5, 5.41) is 19.8. The van der Waals surface area contributed by atoms with Crippen molar-refractivity contribution in [1.29, 1.82) is 5.26 Å². The Morgan fingerprint density at radius 3 is 2.20 bits per heavy atom. The van der Waals surface area contributed by atoms with Crippen LogP contribution in [-0.2, 0) is 9.84 Å². The average molecular weight is 293 g/mol. The van der Waals surface area contributed by atoms with Crippen molar-refractivity contribution in [2.45, 2.75) is 32.3 Å². The molecule has 1 heterocycles. The number of benzene rings is 1. The van der Waals surface area contributed by atoms with Gasteiger partial charge in [0.05, 0.1) is 23.7 Å². The molecule has 2 atom stereocenters. The number of hydrogen-bond donors (Lipinski definition) is 1. The highest BCUT2D eigenvalue weighted by Crippen LogP contribution is 2.42. The van der Waals surface area contributed by atoms with E-state index >= 15 is 0 Å². The molecular weight excluding hydrogens is 274 g/mol. The smallest absolute Gasteiger partial charge is 0.152 e. The third-order valence-electron chi connectivity index (χ3n) is 4.00. The molecule has 2 rings (SSSR count). The first-order chi connectivity index (χ1) is 9.30. The standard InChI is InChI=1S/C15H19NO3S/c1-11(2)12-3-5-13(6-4-12)14(17)15(9-16)7-8-20(18,19)10-15/h3-6,11,14,17H,7-8,10H2,1-2H3. The lowest BCUT2D eigenvalue weighted by molar-refractivity contribution is 0.0793. The summed E-state index contributed by atoms with van der Waals surface area (Å²) in [7, 11) is -3.22. The molecule has 0 radical (unpaired) electrons. The summed E-state index contributed by atoms with van der Waals surface area (Å²) in [6, 6.07) is 9.43. The van der Waals surface area contributed by atoms with Crippen LogP contribution in [0.4, 0.5) is 0 Å². The summed E-state index contributed by atoms with van der Waals surface area (Å²) >= 11 is 0. The van der Waals surface area contributed by atoms with E-state index in [1.54, 1.807) is 12.1 Å². The minimum absolute atomic E-state index is 0.0261. The molecule has 0 aromatic heterocycles. The molecule has 0 spiro atoms. The van der Waals surface area contributed by atoms with Crippen LogP contribution in [0.1, 0.15) is 43.4 Å². The highest BCUT2D eigenvalue weighted by atomic mass is 32.2. The Bertz CT molecular complexity index is 628. The van der Waals surface area contributed by atoms with Crippen LogP contribution in [-0.4, -0.2) is 25.0 Å². The second-order valence-corrected chi connectivity index (χ2v) is 8.02. The molecule has 20 heavy (non-hydrogen) atoms. The molecule has 0 saturated carbocycles. The predicted molar refractivity (Wildman–Crippen MR) is 76.8 cm³/mol. The van der Waals surface area contributed by atoms with Gasteiger partial charge in [0.15, 0.2) is 9.84 Å². The molecular formula is C15H19NO3S. The van der Waals surface area contributed by atoms with Gasteiger partial charge in [-0.05, 0) is 23.5 Å². The second kappa shape index (κ2) is 5.19. The first-order valence-electron chi connectivity index (χ1n) is 6.69. The van der Waals surface area contributed by atoms with Gasteiger partial charge in [-0.1, -0.05) is 38.1 Å². The van der Waals surface area contributed by atoms with Gasteiger partial charge in [-0.2, -0.15) is 5.26 Å². The fourth-order valence-electron chi connectivity index (χ4n) is 2.62. The Morgan fingerprint density at radius 2 is 1.80 bits per heavy atom. The molecule has 4 nitrogen and oxygen atoms in total. The van der Waals surface area contributed by atoms with Crippen LogP contribution < -0.4 is 0 Å². The van der Waals surface area contributed by atoms with E-state index < -0.39 is 21.4 Å². The zero-order chi connectivity index (χ0) is 15.0. The Labute approximate surface area is 120 Å². The van der Waals surface area contributed by atoms with Crippen LogP contribution in [0.25, 0.3) is 0 Å². The summed E-state index contributed by atoms with van der Waals surface area (Å²) in [4.78, 5) is 0. The minimum atomic E-state index is -3.22. The van der Waals surface area contributed by atoms with Crippen LogP contribution in [0.2, 0.25) is 0 Å². The summed E-state index contributed by atoms with van der Waals surface area (Å²) in [6.07, 6.45) is -0.871. The third kappa shape index (κ3) is 2.72. The number of rotatable bonds is 3. The molecule has 1 aliphatic heterocycles. The Morgan fingerprint density at radius 1 is 1.25 bits per heavy atom. The van der Waals surface area contributed by atoms with Gasteiger partial charge in [-0.3, -0.25) is 0 Å². The van der Waals surface area contributed by atoms with Gasteiger partial charge < -0.3 is 5.11 Å². The summed E-state index contributed by atoms with van der Waals surface area (Å²) < 4.78 is 23.2. The molecule has 0 bridgehead atoms. The number of nitrogens with zero attached hydrogens (tertiary/aromatic N) is 1. The average Bonchev–Trinajstić information content (AvgIpc) is 2.75. The molecule has 1 aliphatic rings. The lowest BCUT2D eigenvalue weighted by atomic mass is 9.79. The maximum Gasteiger partial charge on any atom is 0.152 e. The zero-order valence-electron chi connectivity index (χ0n) is 11.7. The highest BCUT2D eigenvalue weighted by molar-refractivity contribution is 7.91.